The van der Waals surface area contributed by atoms with Crippen LogP contribution in [0, 0.1) is 6.92 Å². The Balaban J connectivity index is 2.36. The highest BCUT2D eigenvalue weighted by molar-refractivity contribution is 6.31. The van der Waals surface area contributed by atoms with Crippen LogP contribution >= 0.6 is 11.6 Å². The second-order valence-electron chi connectivity index (χ2n) is 3.78. The number of rotatable bonds is 1. The molecular formula is C11H15ClN2O. The fourth-order valence-corrected chi connectivity index (χ4v) is 2.10. The summed E-state index contributed by atoms with van der Waals surface area (Å²) in [5.41, 5.74) is 1.84. The third-order valence-corrected chi connectivity index (χ3v) is 3.19. The first-order chi connectivity index (χ1) is 7.20. The molecule has 0 radical (unpaired) electrons. The summed E-state index contributed by atoms with van der Waals surface area (Å²) in [7, 11) is 0. The fraction of sp³-hybridized carbons (Fsp3) is 0.455. The van der Waals surface area contributed by atoms with Gasteiger partial charge in [0.15, 0.2) is 0 Å². The molecule has 1 aromatic carbocycles. The molecule has 2 N–H and O–H groups in total. The summed E-state index contributed by atoms with van der Waals surface area (Å²) in [6, 6.07) is 3.39. The van der Waals surface area contributed by atoms with Gasteiger partial charge in [-0.25, -0.2) is 0 Å². The number of piperazine rings is 1. The number of hydrogen-bond donors (Lipinski definition) is 2. The highest BCUT2D eigenvalue weighted by atomic mass is 35.5. The second-order valence-corrected chi connectivity index (χ2v) is 4.18. The van der Waals surface area contributed by atoms with Gasteiger partial charge in [0.2, 0.25) is 0 Å². The van der Waals surface area contributed by atoms with Crippen LogP contribution in [0.25, 0.3) is 0 Å². The fourth-order valence-electron chi connectivity index (χ4n) is 1.95. The molecule has 1 saturated heterocycles. The van der Waals surface area contributed by atoms with E-state index in [1.165, 1.54) is 0 Å². The number of halogens is 1. The molecule has 3 nitrogen and oxygen atoms in total. The summed E-state index contributed by atoms with van der Waals surface area (Å²) >= 11 is 6.05. The summed E-state index contributed by atoms with van der Waals surface area (Å²) in [5, 5.41) is 13.8. The van der Waals surface area contributed by atoms with Gasteiger partial charge in [0.1, 0.15) is 5.75 Å². The second kappa shape index (κ2) is 4.29. The predicted molar refractivity (Wildman–Crippen MR) is 62.9 cm³/mol. The van der Waals surface area contributed by atoms with Crippen molar-refractivity contribution in [2.75, 3.05) is 31.1 Å². The van der Waals surface area contributed by atoms with Gasteiger partial charge in [-0.15, -0.1) is 0 Å². The van der Waals surface area contributed by atoms with Gasteiger partial charge in [0.25, 0.3) is 0 Å². The average molecular weight is 227 g/mol. The Morgan fingerprint density at radius 1 is 1.33 bits per heavy atom. The van der Waals surface area contributed by atoms with Crippen LogP contribution in [0.3, 0.4) is 0 Å². The summed E-state index contributed by atoms with van der Waals surface area (Å²) in [6.07, 6.45) is 0. The van der Waals surface area contributed by atoms with Crippen molar-refractivity contribution in [3.8, 4) is 5.75 Å². The highest BCUT2D eigenvalue weighted by Gasteiger charge is 2.17. The van der Waals surface area contributed by atoms with Crippen LogP contribution in [0.1, 0.15) is 5.56 Å². The predicted octanol–water partition coefficient (Wildman–Crippen LogP) is 1.76. The standard InChI is InChI=1S/C11H15ClN2O/c1-8-9(12)2-3-10(15)11(8)14-6-4-13-5-7-14/h2-3,13,15H,4-7H2,1H3. The van der Waals surface area contributed by atoms with E-state index in [1.807, 2.05) is 6.92 Å². The molecule has 0 atom stereocenters. The molecule has 2 rings (SSSR count). The summed E-state index contributed by atoms with van der Waals surface area (Å²) in [5.74, 6) is 0.318. The van der Waals surface area contributed by atoms with Crippen molar-refractivity contribution in [2.24, 2.45) is 0 Å². The Kier molecular flexibility index (Phi) is 3.03. The molecule has 1 fully saturated rings. The number of aromatic hydroxyl groups is 1. The number of benzene rings is 1. The average Bonchev–Trinajstić information content (AvgIpc) is 2.26. The molecule has 82 valence electrons. The van der Waals surface area contributed by atoms with Gasteiger partial charge in [-0.2, -0.15) is 0 Å². The minimum atomic E-state index is 0.318. The van der Waals surface area contributed by atoms with Gasteiger partial charge in [0, 0.05) is 31.2 Å². The lowest BCUT2D eigenvalue weighted by molar-refractivity contribution is 0.470. The van der Waals surface area contributed by atoms with Gasteiger partial charge < -0.3 is 15.3 Å². The van der Waals surface area contributed by atoms with E-state index < -0.39 is 0 Å². The molecule has 1 heterocycles. The van der Waals surface area contributed by atoms with Crippen LogP contribution in [0.2, 0.25) is 5.02 Å². The van der Waals surface area contributed by atoms with Gasteiger partial charge in [-0.1, -0.05) is 11.6 Å². The summed E-state index contributed by atoms with van der Waals surface area (Å²) < 4.78 is 0. The number of nitrogens with zero attached hydrogens (tertiary/aromatic N) is 1. The van der Waals surface area contributed by atoms with Crippen molar-refractivity contribution >= 4 is 17.3 Å². The number of anilines is 1. The van der Waals surface area contributed by atoms with E-state index in [0.717, 1.165) is 37.4 Å². The maximum absolute atomic E-state index is 9.85. The number of phenolic OH excluding ortho intramolecular Hbond substituents is 1. The molecule has 1 aromatic rings. The van der Waals surface area contributed by atoms with Crippen LogP contribution < -0.4 is 10.2 Å². The van der Waals surface area contributed by atoms with E-state index in [9.17, 15) is 5.11 Å². The first-order valence-corrected chi connectivity index (χ1v) is 5.51. The van der Waals surface area contributed by atoms with E-state index in [1.54, 1.807) is 12.1 Å². The van der Waals surface area contributed by atoms with Gasteiger partial charge >= 0.3 is 0 Å². The van der Waals surface area contributed by atoms with Gasteiger partial charge in [-0.05, 0) is 24.6 Å². The molecule has 0 amide bonds. The number of hydrogen-bond acceptors (Lipinski definition) is 3. The molecule has 0 saturated carbocycles. The molecule has 0 unspecified atom stereocenters. The molecule has 0 aromatic heterocycles. The molecule has 1 aliphatic heterocycles. The number of phenols is 1. The normalized spacial score (nSPS) is 16.8. The zero-order valence-corrected chi connectivity index (χ0v) is 9.51. The van der Waals surface area contributed by atoms with Crippen molar-refractivity contribution in [3.63, 3.8) is 0 Å². The van der Waals surface area contributed by atoms with Crippen LogP contribution in [0.4, 0.5) is 5.69 Å². The molecule has 0 bridgehead atoms. The lowest BCUT2D eigenvalue weighted by Gasteiger charge is -2.31. The quantitative estimate of drug-likeness (QED) is 0.766. The third kappa shape index (κ3) is 2.03. The maximum Gasteiger partial charge on any atom is 0.139 e. The van der Waals surface area contributed by atoms with E-state index in [2.05, 4.69) is 10.2 Å². The minimum Gasteiger partial charge on any atom is -0.506 e. The summed E-state index contributed by atoms with van der Waals surface area (Å²) in [4.78, 5) is 2.17. The largest absolute Gasteiger partial charge is 0.506 e. The van der Waals surface area contributed by atoms with E-state index in [4.69, 9.17) is 11.6 Å². The molecular weight excluding hydrogens is 212 g/mol. The topological polar surface area (TPSA) is 35.5 Å². The van der Waals surface area contributed by atoms with Crippen molar-refractivity contribution in [2.45, 2.75) is 6.92 Å². The highest BCUT2D eigenvalue weighted by Crippen LogP contribution is 2.35. The maximum atomic E-state index is 9.85. The van der Waals surface area contributed by atoms with Crippen molar-refractivity contribution < 1.29 is 5.11 Å². The SMILES string of the molecule is Cc1c(Cl)ccc(O)c1N1CCNCC1. The first kappa shape index (κ1) is 10.6. The van der Waals surface area contributed by atoms with Crippen molar-refractivity contribution in [1.29, 1.82) is 0 Å². The Labute approximate surface area is 94.7 Å². The van der Waals surface area contributed by atoms with Crippen LogP contribution in [0.15, 0.2) is 12.1 Å². The van der Waals surface area contributed by atoms with Crippen LogP contribution in [0.5, 0.6) is 5.75 Å². The van der Waals surface area contributed by atoms with E-state index >= 15 is 0 Å². The molecule has 0 aliphatic carbocycles. The molecule has 4 heteroatoms. The molecule has 1 aliphatic rings. The lowest BCUT2D eigenvalue weighted by atomic mass is 10.1. The smallest absolute Gasteiger partial charge is 0.139 e. The Morgan fingerprint density at radius 2 is 2.00 bits per heavy atom. The van der Waals surface area contributed by atoms with Gasteiger partial charge in [-0.3, -0.25) is 0 Å². The summed E-state index contributed by atoms with van der Waals surface area (Å²) in [6.45, 7) is 5.67. The van der Waals surface area contributed by atoms with Gasteiger partial charge in [0.05, 0.1) is 5.69 Å². The number of nitrogens with one attached hydrogen (secondary N) is 1. The first-order valence-electron chi connectivity index (χ1n) is 5.14. The lowest BCUT2D eigenvalue weighted by Crippen LogP contribution is -2.43. The third-order valence-electron chi connectivity index (χ3n) is 2.78. The molecule has 15 heavy (non-hydrogen) atoms. The van der Waals surface area contributed by atoms with E-state index in [0.29, 0.717) is 10.8 Å². The van der Waals surface area contributed by atoms with Crippen molar-refractivity contribution in [1.82, 2.24) is 5.32 Å². The van der Waals surface area contributed by atoms with Crippen LogP contribution in [-0.4, -0.2) is 31.3 Å². The monoisotopic (exact) mass is 226 g/mol. The Bertz CT molecular complexity index is 362. The van der Waals surface area contributed by atoms with Crippen molar-refractivity contribution in [3.05, 3.63) is 22.7 Å². The van der Waals surface area contributed by atoms with E-state index in [-0.39, 0.29) is 0 Å². The Morgan fingerprint density at radius 3 is 2.67 bits per heavy atom. The molecule has 0 spiro atoms. The minimum absolute atomic E-state index is 0.318. The zero-order chi connectivity index (χ0) is 10.8. The zero-order valence-electron chi connectivity index (χ0n) is 8.76. The Hall–Kier alpha value is -0.930. The van der Waals surface area contributed by atoms with Crippen LogP contribution in [-0.2, 0) is 0 Å².